The first kappa shape index (κ1) is 32.3. The molecule has 10 nitrogen and oxygen atoms in total. The molecule has 0 unspecified atom stereocenters. The maximum Gasteiger partial charge on any atom is 0.314 e. The summed E-state index contributed by atoms with van der Waals surface area (Å²) in [4.78, 5) is 67.8. The van der Waals surface area contributed by atoms with E-state index in [2.05, 4.69) is 4.98 Å². The predicted molar refractivity (Wildman–Crippen MR) is 167 cm³/mol. The number of fused-ring (bicyclic) bond motifs is 1. The maximum absolute atomic E-state index is 13.3. The van der Waals surface area contributed by atoms with Crippen LogP contribution in [0.4, 0.5) is 0 Å². The Bertz CT molecular complexity index is 1620. The molecule has 0 bridgehead atoms. The van der Waals surface area contributed by atoms with Gasteiger partial charge in [-0.3, -0.25) is 24.0 Å². The lowest BCUT2D eigenvalue weighted by Gasteiger charge is -2.26. The van der Waals surface area contributed by atoms with Crippen LogP contribution in [0.5, 0.6) is 11.5 Å². The Morgan fingerprint density at radius 1 is 0.711 bits per heavy atom. The van der Waals surface area contributed by atoms with E-state index in [-0.39, 0.29) is 41.2 Å². The molecule has 0 atom stereocenters. The average molecular weight is 636 g/mol. The summed E-state index contributed by atoms with van der Waals surface area (Å²) in [7, 11) is 0. The third kappa shape index (κ3) is 7.76. The number of carbonyl (C=O) groups is 4. The molecule has 0 N–H and O–H groups in total. The van der Waals surface area contributed by atoms with E-state index in [9.17, 15) is 24.0 Å². The van der Waals surface area contributed by atoms with Crippen molar-refractivity contribution >= 4 is 45.3 Å². The summed E-state index contributed by atoms with van der Waals surface area (Å²) in [6, 6.07) is 11.8. The molecular weight excluding hydrogens is 598 g/mol. The van der Waals surface area contributed by atoms with Gasteiger partial charge in [0, 0.05) is 4.70 Å². The number of esters is 4. The first-order valence-corrected chi connectivity index (χ1v) is 16.4. The van der Waals surface area contributed by atoms with Crippen molar-refractivity contribution in [1.29, 1.82) is 0 Å². The van der Waals surface area contributed by atoms with E-state index in [1.54, 1.807) is 44.2 Å². The van der Waals surface area contributed by atoms with Gasteiger partial charge >= 0.3 is 23.9 Å². The minimum atomic E-state index is -0.435. The second-order valence-corrected chi connectivity index (χ2v) is 12.5. The molecule has 5 rings (SSSR count). The Kier molecular flexibility index (Phi) is 10.6. The first-order chi connectivity index (χ1) is 21.8. The Morgan fingerprint density at radius 2 is 1.22 bits per heavy atom. The van der Waals surface area contributed by atoms with Crippen LogP contribution < -0.4 is 15.0 Å². The Balaban J connectivity index is 1.35. The van der Waals surface area contributed by atoms with E-state index in [0.717, 1.165) is 0 Å². The van der Waals surface area contributed by atoms with E-state index in [1.165, 1.54) is 11.3 Å². The number of aromatic nitrogens is 1. The van der Waals surface area contributed by atoms with Crippen LogP contribution in [0.25, 0.3) is 20.7 Å². The van der Waals surface area contributed by atoms with Crippen molar-refractivity contribution < 1.29 is 38.1 Å². The first-order valence-electron chi connectivity index (χ1n) is 15.6. The summed E-state index contributed by atoms with van der Waals surface area (Å²) in [6.07, 6.45) is 4.19. The topological polar surface area (TPSA) is 135 Å². The SMILES string of the molecule is CCOC(=O)C1CCC(C(=O)Oc2ccc(OC(=O)C3CCC(C(=O)OCC)CC3)c(-c3nc(=O)c4ccccc4s3)c2)CC1. The van der Waals surface area contributed by atoms with Crippen molar-refractivity contribution in [3.63, 3.8) is 0 Å². The lowest BCUT2D eigenvalue weighted by Crippen LogP contribution is -2.29. The van der Waals surface area contributed by atoms with Gasteiger partial charge in [0.25, 0.3) is 5.56 Å². The van der Waals surface area contributed by atoms with Gasteiger partial charge in [-0.2, -0.15) is 4.98 Å². The minimum Gasteiger partial charge on any atom is -0.466 e. The van der Waals surface area contributed by atoms with Crippen molar-refractivity contribution in [2.24, 2.45) is 23.7 Å². The number of carbonyl (C=O) groups excluding carboxylic acids is 4. The van der Waals surface area contributed by atoms with Crippen LogP contribution in [-0.2, 0) is 28.7 Å². The van der Waals surface area contributed by atoms with Crippen LogP contribution in [0.2, 0.25) is 0 Å². The molecule has 2 fully saturated rings. The molecule has 238 valence electrons. The van der Waals surface area contributed by atoms with Gasteiger partial charge in [-0.15, -0.1) is 11.3 Å². The molecule has 45 heavy (non-hydrogen) atoms. The fraction of sp³-hybridized carbons (Fsp3) is 0.471. The molecule has 2 aliphatic rings. The third-order valence-electron chi connectivity index (χ3n) is 8.50. The molecule has 0 saturated heterocycles. The minimum absolute atomic E-state index is 0.195. The zero-order chi connectivity index (χ0) is 31.9. The zero-order valence-electron chi connectivity index (χ0n) is 25.5. The number of rotatable bonds is 9. The van der Waals surface area contributed by atoms with Gasteiger partial charge in [-0.05, 0) is 95.5 Å². The Hall–Kier alpha value is -4.12. The second-order valence-electron chi connectivity index (χ2n) is 11.4. The van der Waals surface area contributed by atoms with Gasteiger partial charge in [0.15, 0.2) is 0 Å². The standard InChI is InChI=1S/C34H37NO9S/c1-3-41-31(37)20-9-13-22(14-10-20)33(39)43-24-17-18-27(44-34(40)23-15-11-21(12-16-23)32(38)42-4-2)26(19-24)30-35-29(36)25-7-5-6-8-28(25)45-30/h5-8,17-23H,3-4,9-16H2,1-2H3. The van der Waals surface area contributed by atoms with Crippen LogP contribution in [0.1, 0.15) is 65.2 Å². The van der Waals surface area contributed by atoms with Crippen LogP contribution in [0, 0.1) is 23.7 Å². The maximum atomic E-state index is 13.3. The zero-order valence-corrected chi connectivity index (χ0v) is 26.3. The highest BCUT2D eigenvalue weighted by molar-refractivity contribution is 7.21. The van der Waals surface area contributed by atoms with E-state index >= 15 is 0 Å². The molecule has 0 spiro atoms. The second kappa shape index (κ2) is 14.8. The van der Waals surface area contributed by atoms with Gasteiger partial charge in [-0.25, -0.2) is 0 Å². The molecule has 1 aromatic heterocycles. The largest absolute Gasteiger partial charge is 0.466 e. The quantitative estimate of drug-likeness (QED) is 0.207. The van der Waals surface area contributed by atoms with E-state index < -0.39 is 23.4 Å². The number of benzene rings is 2. The van der Waals surface area contributed by atoms with Gasteiger partial charge < -0.3 is 18.9 Å². The van der Waals surface area contributed by atoms with Crippen molar-refractivity contribution in [3.05, 3.63) is 52.8 Å². The van der Waals surface area contributed by atoms with Crippen LogP contribution in [-0.4, -0.2) is 42.1 Å². The van der Waals surface area contributed by atoms with Crippen molar-refractivity contribution in [3.8, 4) is 22.1 Å². The molecule has 2 aromatic carbocycles. The van der Waals surface area contributed by atoms with Crippen LogP contribution in [0.15, 0.2) is 47.3 Å². The summed E-state index contributed by atoms with van der Waals surface area (Å²) >= 11 is 1.26. The fourth-order valence-electron chi connectivity index (χ4n) is 6.00. The summed E-state index contributed by atoms with van der Waals surface area (Å²) in [6.45, 7) is 4.18. The third-order valence-corrected chi connectivity index (χ3v) is 9.58. The number of hydrogen-bond acceptors (Lipinski definition) is 11. The summed E-state index contributed by atoms with van der Waals surface area (Å²) in [5.41, 5.74) is -0.0672. The normalized spacial score (nSPS) is 21.5. The molecule has 11 heteroatoms. The van der Waals surface area contributed by atoms with E-state index in [0.29, 0.717) is 85.2 Å². The molecule has 0 radical (unpaired) electrons. The van der Waals surface area contributed by atoms with E-state index in [1.807, 2.05) is 12.1 Å². The lowest BCUT2D eigenvalue weighted by atomic mass is 9.82. The molecular formula is C34H37NO9S. The number of nitrogens with zero attached hydrogens (tertiary/aromatic N) is 1. The summed E-state index contributed by atoms with van der Waals surface area (Å²) in [5.74, 6) is -2.08. The van der Waals surface area contributed by atoms with Gasteiger partial charge in [-0.1, -0.05) is 12.1 Å². The van der Waals surface area contributed by atoms with Gasteiger partial charge in [0.05, 0.1) is 47.8 Å². The molecule has 3 aromatic rings. The van der Waals surface area contributed by atoms with Crippen molar-refractivity contribution in [2.75, 3.05) is 13.2 Å². The highest BCUT2D eigenvalue weighted by Gasteiger charge is 2.33. The smallest absolute Gasteiger partial charge is 0.314 e. The molecule has 0 amide bonds. The van der Waals surface area contributed by atoms with E-state index in [4.69, 9.17) is 18.9 Å². The van der Waals surface area contributed by atoms with Gasteiger partial charge in [0.2, 0.25) is 0 Å². The number of ether oxygens (including phenoxy) is 4. The highest BCUT2D eigenvalue weighted by atomic mass is 32.1. The monoisotopic (exact) mass is 635 g/mol. The summed E-state index contributed by atoms with van der Waals surface area (Å²) in [5, 5.41) is 0.796. The Morgan fingerprint density at radius 3 is 1.78 bits per heavy atom. The molecule has 2 aliphatic carbocycles. The fourth-order valence-corrected chi connectivity index (χ4v) is 7.01. The van der Waals surface area contributed by atoms with Gasteiger partial charge in [0.1, 0.15) is 16.5 Å². The van der Waals surface area contributed by atoms with Crippen LogP contribution in [0.3, 0.4) is 0 Å². The molecule has 1 heterocycles. The van der Waals surface area contributed by atoms with Crippen molar-refractivity contribution in [2.45, 2.75) is 65.2 Å². The molecule has 0 aliphatic heterocycles. The average Bonchev–Trinajstić information content (AvgIpc) is 3.05. The van der Waals surface area contributed by atoms with Crippen LogP contribution >= 0.6 is 11.3 Å². The summed E-state index contributed by atoms with van der Waals surface area (Å²) < 4.78 is 22.6. The Labute approximate surface area is 265 Å². The molecule has 2 saturated carbocycles. The lowest BCUT2D eigenvalue weighted by molar-refractivity contribution is -0.151. The predicted octanol–water partition coefficient (Wildman–Crippen LogP) is 5.87. The van der Waals surface area contributed by atoms with Crippen molar-refractivity contribution in [1.82, 2.24) is 4.98 Å². The number of hydrogen-bond donors (Lipinski definition) is 0. The highest BCUT2D eigenvalue weighted by Crippen LogP contribution is 2.38.